The van der Waals surface area contributed by atoms with Crippen LogP contribution in [0.3, 0.4) is 0 Å². The van der Waals surface area contributed by atoms with E-state index in [9.17, 15) is 0 Å². The van der Waals surface area contributed by atoms with Gasteiger partial charge in [-0.3, -0.25) is 9.80 Å². The third-order valence-corrected chi connectivity index (χ3v) is 5.88. The second-order valence-electron chi connectivity index (χ2n) is 8.29. The quantitative estimate of drug-likeness (QED) is 0.748. The minimum Gasteiger partial charge on any atom is -0.298 e. The minimum absolute atomic E-state index is 0.732. The molecule has 2 atom stereocenters. The Hall–Kier alpha value is -0.0800. The Morgan fingerprint density at radius 1 is 0.857 bits per heavy atom. The van der Waals surface area contributed by atoms with Gasteiger partial charge in [-0.2, -0.15) is 0 Å². The van der Waals surface area contributed by atoms with Crippen LogP contribution in [-0.4, -0.2) is 48.1 Å². The second kappa shape index (κ2) is 7.97. The van der Waals surface area contributed by atoms with E-state index in [1.807, 2.05) is 0 Å². The molecule has 2 nitrogen and oxygen atoms in total. The van der Waals surface area contributed by atoms with Crippen LogP contribution in [-0.2, 0) is 0 Å². The summed E-state index contributed by atoms with van der Waals surface area (Å²) in [6, 6.07) is 1.47. The lowest BCUT2D eigenvalue weighted by Crippen LogP contribution is -2.57. The summed E-state index contributed by atoms with van der Waals surface area (Å²) in [4.78, 5) is 5.50. The standard InChI is InChI=1S/C19H38N2/c1-6-18-7-9-19(10-8-18)14-21-13-16(4)20(11-15(2)3)12-17(21)5/h15-19H,6-14H2,1-5H3/t16-,17-,18?,19?/m0/s1. The van der Waals surface area contributed by atoms with Crippen molar-refractivity contribution in [3.63, 3.8) is 0 Å². The van der Waals surface area contributed by atoms with Crippen molar-refractivity contribution >= 4 is 0 Å². The molecule has 0 aromatic heterocycles. The maximum Gasteiger partial charge on any atom is 0.0195 e. The molecule has 0 aromatic rings. The summed E-state index contributed by atoms with van der Waals surface area (Å²) in [7, 11) is 0. The summed E-state index contributed by atoms with van der Waals surface area (Å²) in [6.45, 7) is 17.1. The van der Waals surface area contributed by atoms with E-state index in [0.29, 0.717) is 0 Å². The van der Waals surface area contributed by atoms with Crippen LogP contribution in [0.5, 0.6) is 0 Å². The molecule has 1 saturated carbocycles. The Bertz CT molecular complexity index is 294. The molecule has 0 unspecified atom stereocenters. The smallest absolute Gasteiger partial charge is 0.0195 e. The third-order valence-electron chi connectivity index (χ3n) is 5.88. The highest BCUT2D eigenvalue weighted by Crippen LogP contribution is 2.32. The molecule has 1 aliphatic heterocycles. The van der Waals surface area contributed by atoms with Gasteiger partial charge in [0, 0.05) is 38.3 Å². The summed E-state index contributed by atoms with van der Waals surface area (Å²) < 4.78 is 0. The van der Waals surface area contributed by atoms with Crippen molar-refractivity contribution in [2.75, 3.05) is 26.2 Å². The molecular weight excluding hydrogens is 256 g/mol. The Morgan fingerprint density at radius 2 is 1.38 bits per heavy atom. The van der Waals surface area contributed by atoms with Crippen molar-refractivity contribution in [3.8, 4) is 0 Å². The fraction of sp³-hybridized carbons (Fsp3) is 1.00. The fourth-order valence-electron chi connectivity index (χ4n) is 4.40. The molecule has 0 amide bonds. The van der Waals surface area contributed by atoms with Crippen LogP contribution in [0, 0.1) is 17.8 Å². The van der Waals surface area contributed by atoms with Crippen LogP contribution in [0.15, 0.2) is 0 Å². The Kier molecular flexibility index (Phi) is 6.55. The van der Waals surface area contributed by atoms with Gasteiger partial charge in [-0.15, -0.1) is 0 Å². The molecule has 0 N–H and O–H groups in total. The second-order valence-corrected chi connectivity index (χ2v) is 8.29. The Labute approximate surface area is 133 Å². The molecule has 2 heteroatoms. The number of hydrogen-bond acceptors (Lipinski definition) is 2. The first-order chi connectivity index (χ1) is 9.99. The van der Waals surface area contributed by atoms with Gasteiger partial charge in [0.15, 0.2) is 0 Å². The van der Waals surface area contributed by atoms with Crippen LogP contribution in [0.2, 0.25) is 0 Å². The molecule has 0 aromatic carbocycles. The van der Waals surface area contributed by atoms with Crippen molar-refractivity contribution in [2.24, 2.45) is 17.8 Å². The van der Waals surface area contributed by atoms with E-state index in [0.717, 1.165) is 29.8 Å². The van der Waals surface area contributed by atoms with Crippen molar-refractivity contribution in [1.82, 2.24) is 9.80 Å². The molecule has 1 heterocycles. The van der Waals surface area contributed by atoms with Gasteiger partial charge in [0.1, 0.15) is 0 Å². The summed E-state index contributed by atoms with van der Waals surface area (Å²) in [5.74, 6) is 2.79. The molecular formula is C19H38N2. The lowest BCUT2D eigenvalue weighted by molar-refractivity contribution is 0.0215. The van der Waals surface area contributed by atoms with Crippen LogP contribution < -0.4 is 0 Å². The molecule has 1 saturated heterocycles. The predicted molar refractivity (Wildman–Crippen MR) is 92.6 cm³/mol. The zero-order chi connectivity index (χ0) is 15.4. The van der Waals surface area contributed by atoms with Gasteiger partial charge >= 0.3 is 0 Å². The van der Waals surface area contributed by atoms with Gasteiger partial charge in [0.05, 0.1) is 0 Å². The molecule has 2 rings (SSSR count). The maximum atomic E-state index is 2.79. The highest BCUT2D eigenvalue weighted by atomic mass is 15.3. The van der Waals surface area contributed by atoms with Crippen LogP contribution >= 0.6 is 0 Å². The van der Waals surface area contributed by atoms with E-state index in [4.69, 9.17) is 0 Å². The van der Waals surface area contributed by atoms with Crippen LogP contribution in [0.25, 0.3) is 0 Å². The van der Waals surface area contributed by atoms with E-state index in [1.165, 1.54) is 58.3 Å². The lowest BCUT2D eigenvalue weighted by Gasteiger charge is -2.46. The average Bonchev–Trinajstić information content (AvgIpc) is 2.44. The summed E-state index contributed by atoms with van der Waals surface area (Å²) in [5.41, 5.74) is 0. The van der Waals surface area contributed by atoms with Gasteiger partial charge in [0.25, 0.3) is 0 Å². The van der Waals surface area contributed by atoms with Crippen LogP contribution in [0.1, 0.15) is 66.7 Å². The molecule has 0 bridgehead atoms. The maximum absolute atomic E-state index is 2.79. The number of hydrogen-bond donors (Lipinski definition) is 0. The van der Waals surface area contributed by atoms with E-state index in [2.05, 4.69) is 44.4 Å². The molecule has 1 aliphatic carbocycles. The minimum atomic E-state index is 0.732. The molecule has 21 heavy (non-hydrogen) atoms. The van der Waals surface area contributed by atoms with E-state index in [-0.39, 0.29) is 0 Å². The van der Waals surface area contributed by atoms with Gasteiger partial charge in [-0.25, -0.2) is 0 Å². The lowest BCUT2D eigenvalue weighted by atomic mass is 9.80. The summed E-state index contributed by atoms with van der Waals surface area (Å²) >= 11 is 0. The normalized spacial score (nSPS) is 36.3. The number of nitrogens with zero attached hydrogens (tertiary/aromatic N) is 2. The first-order valence-electron chi connectivity index (χ1n) is 9.47. The summed E-state index contributed by atoms with van der Waals surface area (Å²) in [5, 5.41) is 0. The highest BCUT2D eigenvalue weighted by Gasteiger charge is 2.31. The average molecular weight is 295 g/mol. The van der Waals surface area contributed by atoms with Gasteiger partial charge < -0.3 is 0 Å². The molecule has 0 spiro atoms. The van der Waals surface area contributed by atoms with E-state index in [1.54, 1.807) is 0 Å². The van der Waals surface area contributed by atoms with E-state index >= 15 is 0 Å². The molecule has 124 valence electrons. The van der Waals surface area contributed by atoms with E-state index < -0.39 is 0 Å². The molecule has 2 fully saturated rings. The largest absolute Gasteiger partial charge is 0.298 e. The van der Waals surface area contributed by atoms with Crippen molar-refractivity contribution in [2.45, 2.75) is 78.8 Å². The van der Waals surface area contributed by atoms with Gasteiger partial charge in [-0.1, -0.05) is 40.0 Å². The van der Waals surface area contributed by atoms with Crippen molar-refractivity contribution in [3.05, 3.63) is 0 Å². The number of rotatable bonds is 5. The highest BCUT2D eigenvalue weighted by molar-refractivity contribution is 4.87. The fourth-order valence-corrected chi connectivity index (χ4v) is 4.40. The third kappa shape index (κ3) is 4.96. The SMILES string of the molecule is CCC1CCC(CN2C[C@H](C)N(CC(C)C)C[C@@H]2C)CC1. The zero-order valence-electron chi connectivity index (χ0n) is 15.1. The molecule has 2 aliphatic rings. The topological polar surface area (TPSA) is 6.48 Å². The van der Waals surface area contributed by atoms with Gasteiger partial charge in [0.2, 0.25) is 0 Å². The number of piperazine rings is 1. The Balaban J connectivity index is 1.79. The molecule has 0 radical (unpaired) electrons. The summed E-state index contributed by atoms with van der Waals surface area (Å²) in [6.07, 6.45) is 7.32. The van der Waals surface area contributed by atoms with Crippen molar-refractivity contribution in [1.29, 1.82) is 0 Å². The van der Waals surface area contributed by atoms with Crippen molar-refractivity contribution < 1.29 is 0 Å². The van der Waals surface area contributed by atoms with Crippen LogP contribution in [0.4, 0.5) is 0 Å². The first-order valence-corrected chi connectivity index (χ1v) is 9.47. The monoisotopic (exact) mass is 294 g/mol. The Morgan fingerprint density at radius 3 is 1.95 bits per heavy atom. The first kappa shape index (κ1) is 17.3. The predicted octanol–water partition coefficient (Wildman–Crippen LogP) is 4.25. The zero-order valence-corrected chi connectivity index (χ0v) is 15.1. The van der Waals surface area contributed by atoms with Gasteiger partial charge in [-0.05, 0) is 44.4 Å².